The van der Waals surface area contributed by atoms with Crippen LogP contribution in [0.3, 0.4) is 0 Å². The predicted molar refractivity (Wildman–Crippen MR) is 46.9 cm³/mol. The first-order chi connectivity index (χ1) is 5.91. The number of aromatic hydroxyl groups is 1. The minimum absolute atomic E-state index is 0.0399. The van der Waals surface area contributed by atoms with Crippen LogP contribution < -0.4 is 0 Å². The van der Waals surface area contributed by atoms with E-state index in [2.05, 4.69) is 0 Å². The van der Waals surface area contributed by atoms with Crippen LogP contribution in [0.4, 0.5) is 8.78 Å². The molecule has 5 heteroatoms. The van der Waals surface area contributed by atoms with Crippen LogP contribution in [-0.2, 0) is 0 Å². The van der Waals surface area contributed by atoms with Crippen molar-refractivity contribution in [1.29, 1.82) is 0 Å². The van der Waals surface area contributed by atoms with Crippen molar-refractivity contribution in [3.05, 3.63) is 29.8 Å². The number of hydrogen-bond donors (Lipinski definition) is 2. The minimum atomic E-state index is -3.39. The third-order valence-corrected chi connectivity index (χ3v) is 1.93. The molecule has 1 atom stereocenters. The molecule has 0 aliphatic carbocycles. The van der Waals surface area contributed by atoms with E-state index in [1.54, 1.807) is 0 Å². The second-order valence-electron chi connectivity index (χ2n) is 2.54. The SMILES string of the molecule is Oc1cccc(C(O)C(F)(F)Br)c1. The molecule has 0 heterocycles. The van der Waals surface area contributed by atoms with E-state index in [1.165, 1.54) is 18.2 Å². The summed E-state index contributed by atoms with van der Waals surface area (Å²) in [6.45, 7) is 0. The summed E-state index contributed by atoms with van der Waals surface area (Å²) >= 11 is 2.04. The molecule has 1 aromatic rings. The van der Waals surface area contributed by atoms with Gasteiger partial charge in [-0.1, -0.05) is 12.1 Å². The summed E-state index contributed by atoms with van der Waals surface area (Å²) in [5.74, 6) is -0.159. The molecule has 2 N–H and O–H groups in total. The molecule has 0 spiro atoms. The smallest absolute Gasteiger partial charge is 0.330 e. The van der Waals surface area contributed by atoms with Gasteiger partial charge in [-0.2, -0.15) is 8.78 Å². The van der Waals surface area contributed by atoms with E-state index in [4.69, 9.17) is 10.2 Å². The third-order valence-electron chi connectivity index (χ3n) is 1.50. The normalized spacial score (nSPS) is 14.2. The van der Waals surface area contributed by atoms with Crippen molar-refractivity contribution in [1.82, 2.24) is 0 Å². The van der Waals surface area contributed by atoms with Gasteiger partial charge >= 0.3 is 4.83 Å². The van der Waals surface area contributed by atoms with Crippen molar-refractivity contribution >= 4 is 15.9 Å². The van der Waals surface area contributed by atoms with Gasteiger partial charge in [-0.15, -0.1) is 0 Å². The van der Waals surface area contributed by atoms with Crippen molar-refractivity contribution in [2.45, 2.75) is 10.9 Å². The summed E-state index contributed by atoms with van der Waals surface area (Å²) in [4.78, 5) is -3.39. The van der Waals surface area contributed by atoms with Crippen LogP contribution in [0.25, 0.3) is 0 Å². The zero-order chi connectivity index (χ0) is 10.1. The first-order valence-corrected chi connectivity index (χ1v) is 4.24. The Kier molecular flexibility index (Phi) is 2.87. The fraction of sp³-hybridized carbons (Fsp3) is 0.250. The molecule has 1 aromatic carbocycles. The van der Waals surface area contributed by atoms with E-state index in [1.807, 2.05) is 15.9 Å². The van der Waals surface area contributed by atoms with Crippen LogP contribution in [0.1, 0.15) is 11.7 Å². The molecule has 0 radical (unpaired) electrons. The molecule has 1 unspecified atom stereocenters. The van der Waals surface area contributed by atoms with Crippen molar-refractivity contribution in [2.24, 2.45) is 0 Å². The van der Waals surface area contributed by atoms with Gasteiger partial charge in [0.1, 0.15) is 5.75 Å². The largest absolute Gasteiger partial charge is 0.508 e. The number of rotatable bonds is 2. The fourth-order valence-corrected chi connectivity index (χ4v) is 1.15. The Morgan fingerprint density at radius 3 is 2.46 bits per heavy atom. The Balaban J connectivity index is 2.96. The number of hydrogen-bond acceptors (Lipinski definition) is 2. The topological polar surface area (TPSA) is 40.5 Å². The molecule has 0 aliphatic rings. The van der Waals surface area contributed by atoms with Gasteiger partial charge < -0.3 is 10.2 Å². The van der Waals surface area contributed by atoms with E-state index >= 15 is 0 Å². The van der Waals surface area contributed by atoms with Gasteiger partial charge in [0, 0.05) is 0 Å². The molecule has 0 aromatic heterocycles. The Morgan fingerprint density at radius 2 is 2.00 bits per heavy atom. The van der Waals surface area contributed by atoms with E-state index in [9.17, 15) is 8.78 Å². The zero-order valence-corrected chi connectivity index (χ0v) is 8.00. The Hall–Kier alpha value is -0.680. The predicted octanol–water partition coefficient (Wildman–Crippen LogP) is 2.41. The van der Waals surface area contributed by atoms with E-state index < -0.39 is 10.9 Å². The van der Waals surface area contributed by atoms with Crippen LogP contribution >= 0.6 is 15.9 Å². The van der Waals surface area contributed by atoms with Crippen LogP contribution in [0, 0.1) is 0 Å². The molecular formula is C8H7BrF2O2. The average Bonchev–Trinajstić information content (AvgIpc) is 2.01. The quantitative estimate of drug-likeness (QED) is 0.794. The monoisotopic (exact) mass is 252 g/mol. The summed E-state index contributed by atoms with van der Waals surface area (Å²) in [5.41, 5.74) is -0.0399. The van der Waals surface area contributed by atoms with Crippen LogP contribution in [0.2, 0.25) is 0 Å². The zero-order valence-electron chi connectivity index (χ0n) is 6.42. The maximum Gasteiger partial charge on any atom is 0.330 e. The maximum atomic E-state index is 12.5. The number of phenols is 1. The Bertz CT molecular complexity index is 298. The van der Waals surface area contributed by atoms with Gasteiger partial charge in [0.2, 0.25) is 0 Å². The van der Waals surface area contributed by atoms with Gasteiger partial charge in [-0.3, -0.25) is 0 Å². The molecule has 0 amide bonds. The van der Waals surface area contributed by atoms with Gasteiger partial charge in [-0.05, 0) is 33.6 Å². The van der Waals surface area contributed by atoms with Gasteiger partial charge in [-0.25, -0.2) is 0 Å². The maximum absolute atomic E-state index is 12.5. The Morgan fingerprint density at radius 1 is 1.38 bits per heavy atom. The molecule has 0 saturated carbocycles. The first-order valence-electron chi connectivity index (χ1n) is 3.45. The molecule has 0 saturated heterocycles. The van der Waals surface area contributed by atoms with Crippen LogP contribution in [-0.4, -0.2) is 15.0 Å². The van der Waals surface area contributed by atoms with Gasteiger partial charge in [0.15, 0.2) is 6.10 Å². The lowest BCUT2D eigenvalue weighted by molar-refractivity contribution is -0.0295. The minimum Gasteiger partial charge on any atom is -0.508 e. The summed E-state index contributed by atoms with van der Waals surface area (Å²) < 4.78 is 25.0. The molecule has 0 fully saturated rings. The first kappa shape index (κ1) is 10.4. The molecule has 0 bridgehead atoms. The van der Waals surface area contributed by atoms with Crippen molar-refractivity contribution in [3.63, 3.8) is 0 Å². The third kappa shape index (κ3) is 2.63. The van der Waals surface area contributed by atoms with E-state index in [-0.39, 0.29) is 11.3 Å². The number of phenolic OH excluding ortho intramolecular Hbond substituents is 1. The summed E-state index contributed by atoms with van der Waals surface area (Å²) in [5, 5.41) is 18.0. The second-order valence-corrected chi connectivity index (χ2v) is 3.60. The van der Waals surface area contributed by atoms with Crippen molar-refractivity contribution in [3.8, 4) is 5.75 Å². The van der Waals surface area contributed by atoms with Gasteiger partial charge in [0.05, 0.1) is 0 Å². The van der Waals surface area contributed by atoms with Crippen LogP contribution in [0.15, 0.2) is 24.3 Å². The molecule has 2 nitrogen and oxygen atoms in total. The van der Waals surface area contributed by atoms with Crippen molar-refractivity contribution in [2.75, 3.05) is 0 Å². The second kappa shape index (κ2) is 3.59. The Labute approximate surface area is 81.9 Å². The summed E-state index contributed by atoms with van der Waals surface area (Å²) in [7, 11) is 0. The van der Waals surface area contributed by atoms with Crippen molar-refractivity contribution < 1.29 is 19.0 Å². The number of aliphatic hydroxyl groups excluding tert-OH is 1. The lowest BCUT2D eigenvalue weighted by Crippen LogP contribution is -2.17. The van der Waals surface area contributed by atoms with Crippen LogP contribution in [0.5, 0.6) is 5.75 Å². The highest BCUT2D eigenvalue weighted by atomic mass is 79.9. The molecule has 1 rings (SSSR count). The average molecular weight is 253 g/mol. The highest BCUT2D eigenvalue weighted by Crippen LogP contribution is 2.37. The highest BCUT2D eigenvalue weighted by Gasteiger charge is 2.36. The molecule has 13 heavy (non-hydrogen) atoms. The molecular weight excluding hydrogens is 246 g/mol. The number of aliphatic hydroxyl groups is 1. The number of alkyl halides is 3. The van der Waals surface area contributed by atoms with E-state index in [0.717, 1.165) is 6.07 Å². The standard InChI is InChI=1S/C8H7BrF2O2/c9-8(10,11)7(13)5-2-1-3-6(12)4-5/h1-4,7,12-13H. The summed E-state index contributed by atoms with van der Waals surface area (Å²) in [6.07, 6.45) is -1.96. The summed E-state index contributed by atoms with van der Waals surface area (Å²) in [6, 6.07) is 5.11. The fourth-order valence-electron chi connectivity index (χ4n) is 0.884. The van der Waals surface area contributed by atoms with Gasteiger partial charge in [0.25, 0.3) is 0 Å². The lowest BCUT2D eigenvalue weighted by atomic mass is 10.1. The number of halogens is 3. The van der Waals surface area contributed by atoms with E-state index in [0.29, 0.717) is 0 Å². The lowest BCUT2D eigenvalue weighted by Gasteiger charge is -2.16. The highest BCUT2D eigenvalue weighted by molar-refractivity contribution is 9.10. The molecule has 72 valence electrons. The molecule has 0 aliphatic heterocycles. The number of benzene rings is 1.